The summed E-state index contributed by atoms with van der Waals surface area (Å²) in [6, 6.07) is 10.7. The Morgan fingerprint density at radius 2 is 1.85 bits per heavy atom. The third-order valence-corrected chi connectivity index (χ3v) is 4.46. The molecule has 0 aliphatic heterocycles. The van der Waals surface area contributed by atoms with E-state index >= 15 is 0 Å². The molecule has 0 saturated carbocycles. The minimum absolute atomic E-state index is 0. The Morgan fingerprint density at radius 1 is 1.11 bits per heavy atom. The van der Waals surface area contributed by atoms with Gasteiger partial charge in [0, 0.05) is 52.1 Å². The second-order valence-electron chi connectivity index (χ2n) is 6.50. The zero-order valence-electron chi connectivity index (χ0n) is 16.8. The molecular formula is C20H34IN5O. The summed E-state index contributed by atoms with van der Waals surface area (Å²) in [7, 11) is 5.68. The van der Waals surface area contributed by atoms with Crippen molar-refractivity contribution in [3.63, 3.8) is 0 Å². The van der Waals surface area contributed by atoms with Crippen LogP contribution in [0.15, 0.2) is 41.5 Å². The molecular weight excluding hydrogens is 453 g/mol. The average Bonchev–Trinajstić information content (AvgIpc) is 3.08. The Labute approximate surface area is 180 Å². The van der Waals surface area contributed by atoms with E-state index < -0.39 is 0 Å². The number of para-hydroxylation sites is 1. The van der Waals surface area contributed by atoms with Crippen LogP contribution in [0.2, 0.25) is 0 Å². The second-order valence-corrected chi connectivity index (χ2v) is 6.50. The fourth-order valence-electron chi connectivity index (χ4n) is 2.93. The third-order valence-electron chi connectivity index (χ3n) is 4.46. The van der Waals surface area contributed by atoms with E-state index in [0.29, 0.717) is 0 Å². The number of guanidine groups is 1. The summed E-state index contributed by atoms with van der Waals surface area (Å²) in [6.07, 6.45) is 4.30. The molecule has 0 amide bonds. The fraction of sp³-hybridized carbons (Fsp3) is 0.550. The van der Waals surface area contributed by atoms with Crippen LogP contribution < -0.4 is 10.6 Å². The van der Waals surface area contributed by atoms with Crippen molar-refractivity contribution in [1.29, 1.82) is 0 Å². The van der Waals surface area contributed by atoms with E-state index in [1.165, 1.54) is 10.9 Å². The first-order valence-electron chi connectivity index (χ1n) is 9.40. The number of hydrogen-bond donors (Lipinski definition) is 2. The Balaban J connectivity index is 0.00000364. The molecule has 1 heterocycles. The predicted octanol–water partition coefficient (Wildman–Crippen LogP) is 2.78. The monoisotopic (exact) mass is 487 g/mol. The van der Waals surface area contributed by atoms with Crippen LogP contribution in [0, 0.1) is 0 Å². The number of rotatable bonds is 11. The van der Waals surface area contributed by atoms with E-state index in [1.54, 1.807) is 7.11 Å². The van der Waals surface area contributed by atoms with Crippen molar-refractivity contribution >= 4 is 40.8 Å². The maximum Gasteiger partial charge on any atom is 0.190 e. The zero-order chi connectivity index (χ0) is 18.6. The number of nitrogens with zero attached hydrogens (tertiary/aromatic N) is 3. The van der Waals surface area contributed by atoms with Crippen LogP contribution in [0.1, 0.15) is 12.8 Å². The van der Waals surface area contributed by atoms with Gasteiger partial charge in [0.15, 0.2) is 5.96 Å². The smallest absolute Gasteiger partial charge is 0.190 e. The second kappa shape index (κ2) is 13.8. The number of benzene rings is 1. The van der Waals surface area contributed by atoms with Crippen molar-refractivity contribution in [3.05, 3.63) is 36.5 Å². The number of hydrogen-bond acceptors (Lipinski definition) is 3. The number of aliphatic imine (C=N–C) groups is 1. The van der Waals surface area contributed by atoms with Crippen LogP contribution >= 0.6 is 24.0 Å². The molecule has 0 spiro atoms. The van der Waals surface area contributed by atoms with Crippen molar-refractivity contribution < 1.29 is 4.74 Å². The Bertz CT molecular complexity index is 673. The summed E-state index contributed by atoms with van der Waals surface area (Å²) >= 11 is 0. The molecule has 1 aromatic heterocycles. The lowest BCUT2D eigenvalue weighted by Crippen LogP contribution is -2.39. The molecule has 0 aliphatic carbocycles. The fourth-order valence-corrected chi connectivity index (χ4v) is 2.93. The molecule has 2 aromatic rings. The van der Waals surface area contributed by atoms with Gasteiger partial charge in [0.25, 0.3) is 0 Å². The van der Waals surface area contributed by atoms with Crippen molar-refractivity contribution in [1.82, 2.24) is 20.1 Å². The zero-order valence-corrected chi connectivity index (χ0v) is 19.1. The van der Waals surface area contributed by atoms with Gasteiger partial charge in [0.05, 0.1) is 6.61 Å². The molecule has 7 heteroatoms. The van der Waals surface area contributed by atoms with Crippen LogP contribution in [0.25, 0.3) is 10.9 Å². The van der Waals surface area contributed by atoms with E-state index in [9.17, 15) is 0 Å². The van der Waals surface area contributed by atoms with Crippen molar-refractivity contribution in [2.45, 2.75) is 19.4 Å². The topological polar surface area (TPSA) is 53.8 Å². The molecule has 152 valence electrons. The van der Waals surface area contributed by atoms with Gasteiger partial charge in [-0.1, -0.05) is 18.2 Å². The van der Waals surface area contributed by atoms with Crippen molar-refractivity contribution in [2.24, 2.45) is 4.99 Å². The third kappa shape index (κ3) is 8.49. The SMILES string of the molecule is CN=C(NCCCN(C)CCOC)NCCCn1ccc2ccccc21.I. The highest BCUT2D eigenvalue weighted by Gasteiger charge is 2.01. The standard InChI is InChI=1S/C20H33N5O.HI/c1-21-20(22-11-6-13-24(2)16-17-26-3)23-12-7-14-25-15-10-18-8-4-5-9-19(18)25;/h4-5,8-10,15H,6-7,11-14,16-17H2,1-3H3,(H2,21,22,23);1H. The number of ether oxygens (including phenoxy) is 1. The Hall–Kier alpha value is -1.32. The molecule has 0 saturated heterocycles. The van der Waals surface area contributed by atoms with E-state index in [0.717, 1.165) is 58.1 Å². The highest BCUT2D eigenvalue weighted by molar-refractivity contribution is 14.0. The van der Waals surface area contributed by atoms with Crippen LogP contribution in [0.3, 0.4) is 0 Å². The normalized spacial score (nSPS) is 11.6. The molecule has 0 unspecified atom stereocenters. The highest BCUT2D eigenvalue weighted by Crippen LogP contribution is 2.15. The molecule has 1 aromatic carbocycles. The molecule has 0 radical (unpaired) electrons. The molecule has 0 fully saturated rings. The van der Waals surface area contributed by atoms with E-state index in [4.69, 9.17) is 4.74 Å². The van der Waals surface area contributed by atoms with E-state index in [1.807, 2.05) is 7.05 Å². The summed E-state index contributed by atoms with van der Waals surface area (Å²) in [5.41, 5.74) is 1.30. The summed E-state index contributed by atoms with van der Waals surface area (Å²) in [5.74, 6) is 0.877. The van der Waals surface area contributed by atoms with E-state index in [2.05, 4.69) is 68.7 Å². The summed E-state index contributed by atoms with van der Waals surface area (Å²) in [6.45, 7) is 5.62. The first kappa shape index (κ1) is 23.7. The first-order valence-corrected chi connectivity index (χ1v) is 9.40. The van der Waals surface area contributed by atoms with Gasteiger partial charge in [-0.15, -0.1) is 24.0 Å². The summed E-state index contributed by atoms with van der Waals surface area (Å²) in [4.78, 5) is 6.57. The number of likely N-dealkylation sites (N-methyl/N-ethyl adjacent to an activating group) is 1. The molecule has 0 bridgehead atoms. The van der Waals surface area contributed by atoms with Gasteiger partial charge in [0.2, 0.25) is 0 Å². The minimum atomic E-state index is 0. The number of aromatic nitrogens is 1. The molecule has 0 atom stereocenters. The lowest BCUT2D eigenvalue weighted by molar-refractivity contribution is 0.161. The maximum atomic E-state index is 5.09. The van der Waals surface area contributed by atoms with Gasteiger partial charge >= 0.3 is 0 Å². The van der Waals surface area contributed by atoms with Crippen LogP contribution in [0.5, 0.6) is 0 Å². The van der Waals surface area contributed by atoms with Crippen LogP contribution in [0.4, 0.5) is 0 Å². The van der Waals surface area contributed by atoms with Gasteiger partial charge in [-0.05, 0) is 44.0 Å². The van der Waals surface area contributed by atoms with Crippen LogP contribution in [-0.2, 0) is 11.3 Å². The number of fused-ring (bicyclic) bond motifs is 1. The lowest BCUT2D eigenvalue weighted by atomic mass is 10.2. The minimum Gasteiger partial charge on any atom is -0.383 e. The molecule has 6 nitrogen and oxygen atoms in total. The maximum absolute atomic E-state index is 5.09. The molecule has 0 aliphatic rings. The van der Waals surface area contributed by atoms with Gasteiger partial charge < -0.3 is 24.8 Å². The highest BCUT2D eigenvalue weighted by atomic mass is 127. The number of nitrogens with one attached hydrogen (secondary N) is 2. The predicted molar refractivity (Wildman–Crippen MR) is 125 cm³/mol. The first-order chi connectivity index (χ1) is 12.7. The Morgan fingerprint density at radius 3 is 2.59 bits per heavy atom. The number of halogens is 1. The van der Waals surface area contributed by atoms with E-state index in [-0.39, 0.29) is 24.0 Å². The quantitative estimate of drug-likeness (QED) is 0.222. The Kier molecular flexibility index (Phi) is 12.1. The largest absolute Gasteiger partial charge is 0.383 e. The molecule has 27 heavy (non-hydrogen) atoms. The van der Waals surface area contributed by atoms with Crippen molar-refractivity contribution in [3.8, 4) is 0 Å². The lowest BCUT2D eigenvalue weighted by Gasteiger charge is -2.17. The van der Waals surface area contributed by atoms with Gasteiger partial charge in [0.1, 0.15) is 0 Å². The van der Waals surface area contributed by atoms with Gasteiger partial charge in [-0.2, -0.15) is 0 Å². The average molecular weight is 487 g/mol. The van der Waals surface area contributed by atoms with Crippen molar-refractivity contribution in [2.75, 3.05) is 54.0 Å². The van der Waals surface area contributed by atoms with Gasteiger partial charge in [-0.25, -0.2) is 0 Å². The summed E-state index contributed by atoms with van der Waals surface area (Å²) < 4.78 is 7.40. The van der Waals surface area contributed by atoms with Crippen LogP contribution in [-0.4, -0.2) is 69.4 Å². The molecule has 2 rings (SSSR count). The molecule has 2 N–H and O–H groups in total. The summed E-state index contributed by atoms with van der Waals surface area (Å²) in [5, 5.41) is 8.07. The number of aryl methyl sites for hydroxylation is 1. The van der Waals surface area contributed by atoms with Gasteiger partial charge in [-0.3, -0.25) is 4.99 Å². The number of methoxy groups -OCH3 is 1.